The SMILES string of the molecule is CCN(CCNC(=NC)NCC(c1ccccc1)N1CCCC1)C1CC1.I. The number of hydrogen-bond donors (Lipinski definition) is 2. The highest BCUT2D eigenvalue weighted by atomic mass is 127. The minimum Gasteiger partial charge on any atom is -0.355 e. The first kappa shape index (κ1) is 22.4. The zero-order valence-electron chi connectivity index (χ0n) is 16.9. The van der Waals surface area contributed by atoms with Crippen LogP contribution in [0.15, 0.2) is 35.3 Å². The van der Waals surface area contributed by atoms with Gasteiger partial charge in [-0.2, -0.15) is 0 Å². The third-order valence-electron chi connectivity index (χ3n) is 5.61. The summed E-state index contributed by atoms with van der Waals surface area (Å²) >= 11 is 0. The van der Waals surface area contributed by atoms with Crippen molar-refractivity contribution in [1.29, 1.82) is 0 Å². The van der Waals surface area contributed by atoms with Gasteiger partial charge in [-0.3, -0.25) is 14.8 Å². The van der Waals surface area contributed by atoms with E-state index in [1.807, 2.05) is 7.05 Å². The molecule has 1 saturated heterocycles. The van der Waals surface area contributed by atoms with E-state index in [-0.39, 0.29) is 24.0 Å². The molecule has 0 aromatic heterocycles. The molecule has 1 atom stereocenters. The Kier molecular flexibility index (Phi) is 9.86. The predicted molar refractivity (Wildman–Crippen MR) is 125 cm³/mol. The number of benzene rings is 1. The lowest BCUT2D eigenvalue weighted by Gasteiger charge is -2.29. The Hall–Kier alpha value is -0.860. The van der Waals surface area contributed by atoms with Crippen LogP contribution in [-0.4, -0.2) is 68.1 Å². The number of nitrogens with one attached hydrogen (secondary N) is 2. The fraction of sp³-hybridized carbons (Fsp3) is 0.667. The summed E-state index contributed by atoms with van der Waals surface area (Å²) in [5.74, 6) is 0.914. The number of rotatable bonds is 9. The highest BCUT2D eigenvalue weighted by Crippen LogP contribution is 2.26. The molecule has 27 heavy (non-hydrogen) atoms. The van der Waals surface area contributed by atoms with Crippen LogP contribution in [0, 0.1) is 0 Å². The van der Waals surface area contributed by atoms with Crippen molar-refractivity contribution in [3.8, 4) is 0 Å². The van der Waals surface area contributed by atoms with Crippen molar-refractivity contribution < 1.29 is 0 Å². The van der Waals surface area contributed by atoms with Crippen molar-refractivity contribution in [2.75, 3.05) is 46.3 Å². The second-order valence-electron chi connectivity index (χ2n) is 7.41. The number of likely N-dealkylation sites (tertiary alicyclic amines) is 1. The Morgan fingerprint density at radius 2 is 1.89 bits per heavy atom. The number of guanidine groups is 1. The molecule has 2 N–H and O–H groups in total. The smallest absolute Gasteiger partial charge is 0.191 e. The third-order valence-corrected chi connectivity index (χ3v) is 5.61. The van der Waals surface area contributed by atoms with Gasteiger partial charge in [0.25, 0.3) is 0 Å². The normalized spacial score (nSPS) is 19.0. The molecule has 6 heteroatoms. The molecular weight excluding hydrogens is 449 g/mol. The third kappa shape index (κ3) is 6.91. The van der Waals surface area contributed by atoms with Gasteiger partial charge in [-0.1, -0.05) is 37.3 Å². The minimum absolute atomic E-state index is 0. The van der Waals surface area contributed by atoms with Crippen LogP contribution < -0.4 is 10.6 Å². The van der Waals surface area contributed by atoms with Crippen LogP contribution in [-0.2, 0) is 0 Å². The molecule has 0 bridgehead atoms. The molecule has 1 heterocycles. The zero-order valence-corrected chi connectivity index (χ0v) is 19.2. The Bertz CT molecular complexity index is 555. The first-order valence-electron chi connectivity index (χ1n) is 10.3. The van der Waals surface area contributed by atoms with Crippen molar-refractivity contribution in [3.05, 3.63) is 35.9 Å². The average molecular weight is 485 g/mol. The topological polar surface area (TPSA) is 42.9 Å². The maximum atomic E-state index is 4.42. The second-order valence-corrected chi connectivity index (χ2v) is 7.41. The van der Waals surface area contributed by atoms with Gasteiger partial charge in [-0.15, -0.1) is 24.0 Å². The molecular formula is C21H36IN5. The van der Waals surface area contributed by atoms with Gasteiger partial charge in [0.15, 0.2) is 5.96 Å². The van der Waals surface area contributed by atoms with Crippen LogP contribution in [0.25, 0.3) is 0 Å². The number of halogens is 1. The van der Waals surface area contributed by atoms with Crippen LogP contribution in [0.5, 0.6) is 0 Å². The van der Waals surface area contributed by atoms with E-state index >= 15 is 0 Å². The van der Waals surface area contributed by atoms with Crippen molar-refractivity contribution in [2.45, 2.75) is 44.7 Å². The van der Waals surface area contributed by atoms with Gasteiger partial charge >= 0.3 is 0 Å². The van der Waals surface area contributed by atoms with Crippen molar-refractivity contribution in [1.82, 2.24) is 20.4 Å². The van der Waals surface area contributed by atoms with Gasteiger partial charge in [-0.05, 0) is 50.9 Å². The highest BCUT2D eigenvalue weighted by molar-refractivity contribution is 14.0. The zero-order chi connectivity index (χ0) is 18.2. The number of hydrogen-bond acceptors (Lipinski definition) is 3. The predicted octanol–water partition coefficient (Wildman–Crippen LogP) is 3.09. The highest BCUT2D eigenvalue weighted by Gasteiger charge is 2.27. The van der Waals surface area contributed by atoms with E-state index < -0.39 is 0 Å². The van der Waals surface area contributed by atoms with Crippen LogP contribution in [0.2, 0.25) is 0 Å². The summed E-state index contributed by atoms with van der Waals surface area (Å²) in [5.41, 5.74) is 1.39. The summed E-state index contributed by atoms with van der Waals surface area (Å²) < 4.78 is 0. The molecule has 3 rings (SSSR count). The molecule has 1 unspecified atom stereocenters. The van der Waals surface area contributed by atoms with Gasteiger partial charge in [0, 0.05) is 32.7 Å². The molecule has 1 aliphatic carbocycles. The minimum atomic E-state index is 0. The van der Waals surface area contributed by atoms with Gasteiger partial charge in [0.05, 0.1) is 6.04 Å². The van der Waals surface area contributed by atoms with Crippen LogP contribution in [0.4, 0.5) is 0 Å². The molecule has 0 amide bonds. The van der Waals surface area contributed by atoms with Crippen molar-refractivity contribution in [3.63, 3.8) is 0 Å². The van der Waals surface area contributed by atoms with Gasteiger partial charge in [0.2, 0.25) is 0 Å². The summed E-state index contributed by atoms with van der Waals surface area (Å²) in [7, 11) is 1.86. The molecule has 1 saturated carbocycles. The van der Waals surface area contributed by atoms with E-state index in [2.05, 4.69) is 62.7 Å². The van der Waals surface area contributed by atoms with Crippen molar-refractivity contribution >= 4 is 29.9 Å². The number of likely N-dealkylation sites (N-methyl/N-ethyl adjacent to an activating group) is 1. The maximum absolute atomic E-state index is 4.42. The standard InChI is InChI=1S/C21H35N5.HI/c1-3-25(19-11-12-19)16-13-23-21(22-2)24-17-20(26-14-7-8-15-26)18-9-5-4-6-10-18;/h4-6,9-10,19-20H,3,7-8,11-17H2,1-2H3,(H2,22,23,24);1H. The van der Waals surface area contributed by atoms with Gasteiger partial charge in [-0.25, -0.2) is 0 Å². The van der Waals surface area contributed by atoms with Crippen LogP contribution in [0.3, 0.4) is 0 Å². The van der Waals surface area contributed by atoms with Crippen LogP contribution in [0.1, 0.15) is 44.2 Å². The molecule has 2 aliphatic rings. The van der Waals surface area contributed by atoms with Crippen LogP contribution >= 0.6 is 24.0 Å². The van der Waals surface area contributed by atoms with Gasteiger partial charge < -0.3 is 10.6 Å². The Morgan fingerprint density at radius 1 is 1.19 bits per heavy atom. The summed E-state index contributed by atoms with van der Waals surface area (Å²) in [4.78, 5) is 9.59. The Labute approximate surface area is 182 Å². The number of nitrogens with zero attached hydrogens (tertiary/aromatic N) is 3. The molecule has 5 nitrogen and oxygen atoms in total. The Balaban J connectivity index is 0.00000261. The fourth-order valence-electron chi connectivity index (χ4n) is 3.96. The number of aliphatic imine (C=N–C) groups is 1. The second kappa shape index (κ2) is 11.9. The Morgan fingerprint density at radius 3 is 2.48 bits per heavy atom. The first-order chi connectivity index (χ1) is 12.8. The quantitative estimate of drug-likeness (QED) is 0.321. The monoisotopic (exact) mass is 485 g/mol. The molecule has 2 fully saturated rings. The van der Waals surface area contributed by atoms with E-state index in [0.29, 0.717) is 6.04 Å². The lowest BCUT2D eigenvalue weighted by Crippen LogP contribution is -2.45. The average Bonchev–Trinajstić information content (AvgIpc) is 3.39. The lowest BCUT2D eigenvalue weighted by atomic mass is 10.1. The van der Waals surface area contributed by atoms with E-state index in [4.69, 9.17) is 0 Å². The maximum Gasteiger partial charge on any atom is 0.191 e. The summed E-state index contributed by atoms with van der Waals surface area (Å²) in [6.45, 7) is 8.72. The molecule has 1 aromatic carbocycles. The molecule has 1 aromatic rings. The lowest BCUT2D eigenvalue weighted by molar-refractivity contribution is 0.245. The summed E-state index contributed by atoms with van der Waals surface area (Å²) in [5, 5.41) is 7.05. The first-order valence-corrected chi connectivity index (χ1v) is 10.3. The van der Waals surface area contributed by atoms with E-state index in [0.717, 1.165) is 38.2 Å². The van der Waals surface area contributed by atoms with Crippen molar-refractivity contribution in [2.24, 2.45) is 4.99 Å². The van der Waals surface area contributed by atoms with E-state index in [1.165, 1.54) is 44.3 Å². The molecule has 0 spiro atoms. The summed E-state index contributed by atoms with van der Waals surface area (Å²) in [6, 6.07) is 12.1. The van der Waals surface area contributed by atoms with Gasteiger partial charge in [0.1, 0.15) is 0 Å². The van der Waals surface area contributed by atoms with E-state index in [1.54, 1.807) is 0 Å². The molecule has 1 aliphatic heterocycles. The fourth-order valence-corrected chi connectivity index (χ4v) is 3.96. The molecule has 0 radical (unpaired) electrons. The largest absolute Gasteiger partial charge is 0.355 e. The molecule has 152 valence electrons. The summed E-state index contributed by atoms with van der Waals surface area (Å²) in [6.07, 6.45) is 5.36. The van der Waals surface area contributed by atoms with E-state index in [9.17, 15) is 0 Å².